The van der Waals surface area contributed by atoms with Gasteiger partial charge >= 0.3 is 5.63 Å². The highest BCUT2D eigenvalue weighted by Gasteiger charge is 2.24. The molecule has 1 amide bonds. The van der Waals surface area contributed by atoms with Crippen molar-refractivity contribution in [2.24, 2.45) is 0 Å². The first-order chi connectivity index (χ1) is 15.6. The van der Waals surface area contributed by atoms with Gasteiger partial charge in [0.1, 0.15) is 16.9 Å². The molecule has 0 bridgehead atoms. The Morgan fingerprint density at radius 3 is 2.36 bits per heavy atom. The van der Waals surface area contributed by atoms with E-state index in [1.165, 1.54) is 0 Å². The molecule has 4 rings (SSSR count). The maximum atomic E-state index is 12.8. The molecule has 0 aliphatic carbocycles. The fourth-order valence-corrected chi connectivity index (χ4v) is 4.15. The van der Waals surface area contributed by atoms with Crippen LogP contribution in [0.15, 0.2) is 50.2 Å². The van der Waals surface area contributed by atoms with Gasteiger partial charge in [0.15, 0.2) is 0 Å². The highest BCUT2D eigenvalue weighted by molar-refractivity contribution is 6.00. The molecule has 2 aromatic carbocycles. The molecule has 0 aliphatic heterocycles. The van der Waals surface area contributed by atoms with Crippen molar-refractivity contribution in [1.82, 2.24) is 5.32 Å². The number of nitrogens with one attached hydrogen (secondary N) is 1. The average molecular weight is 448 g/mol. The minimum atomic E-state index is -0.496. The van der Waals surface area contributed by atoms with E-state index in [2.05, 4.69) is 26.1 Å². The quantitative estimate of drug-likeness (QED) is 0.419. The van der Waals surface area contributed by atoms with Crippen molar-refractivity contribution < 1.29 is 18.4 Å². The number of carbonyl (C=O) groups is 1. The van der Waals surface area contributed by atoms with E-state index in [0.29, 0.717) is 17.7 Å². The Balaban J connectivity index is 1.66. The number of amides is 1. The standard InChI is InChI=1S/C27H29NO5/c1-15-19-11-21-22(27(3,4)5)14-32-24(21)16(2)25(19)33-26(30)20(15)12-23(29)28-13-17-7-9-18(31-6)10-8-17/h7-11,14H,12-13H2,1-6H3,(H,28,29). The maximum absolute atomic E-state index is 12.8. The topological polar surface area (TPSA) is 81.7 Å². The molecule has 0 fully saturated rings. The van der Waals surface area contributed by atoms with Gasteiger partial charge < -0.3 is 18.9 Å². The third kappa shape index (κ3) is 4.25. The average Bonchev–Trinajstić information content (AvgIpc) is 3.21. The highest BCUT2D eigenvalue weighted by atomic mass is 16.5. The van der Waals surface area contributed by atoms with Crippen molar-refractivity contribution in [1.29, 1.82) is 0 Å². The molecule has 0 atom stereocenters. The smallest absolute Gasteiger partial charge is 0.340 e. The number of aryl methyl sites for hydroxylation is 2. The van der Waals surface area contributed by atoms with Crippen LogP contribution in [0.5, 0.6) is 5.75 Å². The molecule has 1 N–H and O–H groups in total. The summed E-state index contributed by atoms with van der Waals surface area (Å²) in [5, 5.41) is 4.70. The molecule has 6 nitrogen and oxygen atoms in total. The number of carbonyl (C=O) groups excluding carboxylic acids is 1. The van der Waals surface area contributed by atoms with Crippen LogP contribution in [0.3, 0.4) is 0 Å². The summed E-state index contributed by atoms with van der Waals surface area (Å²) < 4.78 is 16.7. The van der Waals surface area contributed by atoms with Gasteiger partial charge in [0, 0.05) is 28.4 Å². The Morgan fingerprint density at radius 2 is 1.73 bits per heavy atom. The lowest BCUT2D eigenvalue weighted by Gasteiger charge is -2.17. The molecule has 0 spiro atoms. The van der Waals surface area contributed by atoms with E-state index in [1.807, 2.05) is 44.2 Å². The SMILES string of the molecule is COc1ccc(CNC(=O)Cc2c(C)c3cc4c(C(C)(C)C)coc4c(C)c3oc2=O)cc1. The van der Waals surface area contributed by atoms with Crippen LogP contribution >= 0.6 is 0 Å². The lowest BCUT2D eigenvalue weighted by molar-refractivity contribution is -0.120. The minimum Gasteiger partial charge on any atom is -0.497 e. The lowest BCUT2D eigenvalue weighted by atomic mass is 9.86. The summed E-state index contributed by atoms with van der Waals surface area (Å²) in [5.41, 5.74) is 4.58. The maximum Gasteiger partial charge on any atom is 0.340 e. The third-order valence-electron chi connectivity index (χ3n) is 6.14. The van der Waals surface area contributed by atoms with Crippen LogP contribution in [0.25, 0.3) is 21.9 Å². The van der Waals surface area contributed by atoms with Crippen molar-refractivity contribution in [3.63, 3.8) is 0 Å². The number of hydrogen-bond acceptors (Lipinski definition) is 5. The molecule has 0 radical (unpaired) electrons. The number of rotatable bonds is 5. The summed E-state index contributed by atoms with van der Waals surface area (Å²) >= 11 is 0. The van der Waals surface area contributed by atoms with Gasteiger partial charge in [-0.25, -0.2) is 4.79 Å². The van der Waals surface area contributed by atoms with Crippen LogP contribution in [-0.4, -0.2) is 13.0 Å². The van der Waals surface area contributed by atoms with Gasteiger partial charge in [-0.3, -0.25) is 4.79 Å². The third-order valence-corrected chi connectivity index (χ3v) is 6.14. The van der Waals surface area contributed by atoms with Crippen LogP contribution in [0.2, 0.25) is 0 Å². The molecule has 33 heavy (non-hydrogen) atoms. The van der Waals surface area contributed by atoms with Crippen LogP contribution in [0.4, 0.5) is 0 Å². The van der Waals surface area contributed by atoms with Crippen LogP contribution in [0.1, 0.15) is 48.6 Å². The molecule has 0 saturated heterocycles. The van der Waals surface area contributed by atoms with E-state index >= 15 is 0 Å². The molecule has 2 heterocycles. The predicted octanol–water partition coefficient (Wildman–Crippen LogP) is 5.32. The molecular weight excluding hydrogens is 418 g/mol. The molecule has 0 aliphatic rings. The Morgan fingerprint density at radius 1 is 1.03 bits per heavy atom. The van der Waals surface area contributed by atoms with E-state index in [-0.39, 0.29) is 17.7 Å². The first-order valence-electron chi connectivity index (χ1n) is 11.0. The van der Waals surface area contributed by atoms with Crippen LogP contribution < -0.4 is 15.7 Å². The van der Waals surface area contributed by atoms with E-state index in [1.54, 1.807) is 13.4 Å². The fourth-order valence-electron chi connectivity index (χ4n) is 4.15. The molecule has 172 valence electrons. The molecule has 0 saturated carbocycles. The summed E-state index contributed by atoms with van der Waals surface area (Å²) in [6, 6.07) is 9.47. The van der Waals surface area contributed by atoms with Crippen molar-refractivity contribution in [3.05, 3.63) is 74.8 Å². The fraction of sp³-hybridized carbons (Fsp3) is 0.333. The van der Waals surface area contributed by atoms with Gasteiger partial charge in [0.25, 0.3) is 0 Å². The first-order valence-corrected chi connectivity index (χ1v) is 11.0. The van der Waals surface area contributed by atoms with Crippen molar-refractivity contribution in [2.75, 3.05) is 7.11 Å². The normalized spacial score (nSPS) is 11.8. The molecular formula is C27H29NO5. The summed E-state index contributed by atoms with van der Waals surface area (Å²) in [6.07, 6.45) is 1.73. The van der Waals surface area contributed by atoms with Crippen LogP contribution in [-0.2, 0) is 23.2 Å². The van der Waals surface area contributed by atoms with Gasteiger partial charge in [-0.2, -0.15) is 0 Å². The zero-order valence-corrected chi connectivity index (χ0v) is 19.9. The van der Waals surface area contributed by atoms with Crippen molar-refractivity contribution in [3.8, 4) is 5.75 Å². The second-order valence-electron chi connectivity index (χ2n) is 9.45. The number of methoxy groups -OCH3 is 1. The Hall–Kier alpha value is -3.54. The first kappa shape index (κ1) is 22.6. The summed E-state index contributed by atoms with van der Waals surface area (Å²) in [4.78, 5) is 25.4. The molecule has 0 unspecified atom stereocenters. The van der Waals surface area contributed by atoms with Crippen molar-refractivity contribution in [2.45, 2.75) is 53.0 Å². The Labute approximate surface area is 192 Å². The summed E-state index contributed by atoms with van der Waals surface area (Å²) in [5.74, 6) is 0.517. The van der Waals surface area contributed by atoms with Gasteiger partial charge in [-0.05, 0) is 48.6 Å². The Bertz CT molecular complexity index is 1400. The second-order valence-corrected chi connectivity index (χ2v) is 9.45. The largest absolute Gasteiger partial charge is 0.497 e. The number of benzene rings is 2. The summed E-state index contributed by atoms with van der Waals surface area (Å²) in [7, 11) is 1.61. The van der Waals surface area contributed by atoms with E-state index in [0.717, 1.165) is 44.4 Å². The Kier molecular flexibility index (Phi) is 5.78. The molecule has 6 heteroatoms. The minimum absolute atomic E-state index is 0.0468. The number of fused-ring (bicyclic) bond motifs is 2. The van der Waals surface area contributed by atoms with Gasteiger partial charge in [0.05, 0.1) is 25.4 Å². The van der Waals surface area contributed by atoms with Gasteiger partial charge in [0.2, 0.25) is 5.91 Å². The predicted molar refractivity (Wildman–Crippen MR) is 129 cm³/mol. The van der Waals surface area contributed by atoms with E-state index < -0.39 is 5.63 Å². The monoisotopic (exact) mass is 447 g/mol. The summed E-state index contributed by atoms with van der Waals surface area (Å²) in [6.45, 7) is 10.5. The van der Waals surface area contributed by atoms with Crippen LogP contribution in [0, 0.1) is 13.8 Å². The zero-order valence-electron chi connectivity index (χ0n) is 19.9. The zero-order chi connectivity index (χ0) is 23.9. The van der Waals surface area contributed by atoms with Gasteiger partial charge in [-0.1, -0.05) is 32.9 Å². The lowest BCUT2D eigenvalue weighted by Crippen LogP contribution is -2.27. The van der Waals surface area contributed by atoms with E-state index in [9.17, 15) is 9.59 Å². The highest BCUT2D eigenvalue weighted by Crippen LogP contribution is 2.37. The number of hydrogen-bond donors (Lipinski definition) is 1. The number of furan rings is 1. The molecule has 2 aromatic heterocycles. The van der Waals surface area contributed by atoms with E-state index in [4.69, 9.17) is 13.6 Å². The van der Waals surface area contributed by atoms with Crippen molar-refractivity contribution >= 4 is 27.8 Å². The second kappa shape index (κ2) is 8.43. The molecule has 4 aromatic rings. The number of ether oxygens (including phenoxy) is 1. The van der Waals surface area contributed by atoms with Gasteiger partial charge in [-0.15, -0.1) is 0 Å².